The third-order valence-corrected chi connectivity index (χ3v) is 2.20. The Morgan fingerprint density at radius 3 is 2.80 bits per heavy atom. The molecular formula is C11H15F2NO. The smallest absolute Gasteiger partial charge is 0.162 e. The van der Waals surface area contributed by atoms with Crippen LogP contribution in [0.5, 0.6) is 0 Å². The van der Waals surface area contributed by atoms with E-state index in [-0.39, 0.29) is 6.04 Å². The van der Waals surface area contributed by atoms with Gasteiger partial charge in [-0.1, -0.05) is 12.1 Å². The van der Waals surface area contributed by atoms with Crippen LogP contribution in [-0.4, -0.2) is 19.8 Å². The van der Waals surface area contributed by atoms with Crippen molar-refractivity contribution < 1.29 is 13.5 Å². The number of hydrogen-bond acceptors (Lipinski definition) is 2. The quantitative estimate of drug-likeness (QED) is 0.813. The zero-order valence-electron chi connectivity index (χ0n) is 8.67. The zero-order valence-corrected chi connectivity index (χ0v) is 8.67. The first-order valence-corrected chi connectivity index (χ1v) is 4.82. The number of rotatable bonds is 5. The van der Waals surface area contributed by atoms with Crippen molar-refractivity contribution in [3.63, 3.8) is 0 Å². The van der Waals surface area contributed by atoms with E-state index in [0.29, 0.717) is 25.0 Å². The second-order valence-corrected chi connectivity index (χ2v) is 3.47. The van der Waals surface area contributed by atoms with Crippen molar-refractivity contribution in [3.8, 4) is 0 Å². The molecule has 0 aliphatic carbocycles. The molecule has 0 fully saturated rings. The van der Waals surface area contributed by atoms with E-state index < -0.39 is 11.6 Å². The summed E-state index contributed by atoms with van der Waals surface area (Å²) in [5.74, 6) is -1.59. The number of ether oxygens (including phenoxy) is 1. The summed E-state index contributed by atoms with van der Waals surface area (Å²) in [7, 11) is 1.56. The van der Waals surface area contributed by atoms with E-state index in [9.17, 15) is 8.78 Å². The Bertz CT molecular complexity index is 317. The third-order valence-electron chi connectivity index (χ3n) is 2.20. The molecule has 1 unspecified atom stereocenters. The van der Waals surface area contributed by atoms with Crippen LogP contribution >= 0.6 is 0 Å². The van der Waals surface area contributed by atoms with Crippen molar-refractivity contribution in [2.75, 3.05) is 13.7 Å². The maximum atomic E-state index is 13.2. The Hall–Kier alpha value is -1.00. The minimum absolute atomic E-state index is 0.141. The van der Waals surface area contributed by atoms with Gasteiger partial charge in [0.2, 0.25) is 0 Å². The minimum atomic E-state index is -0.812. The van der Waals surface area contributed by atoms with Gasteiger partial charge in [0.15, 0.2) is 11.6 Å². The summed E-state index contributed by atoms with van der Waals surface area (Å²) in [4.78, 5) is 0. The predicted octanol–water partition coefficient (Wildman–Crippen LogP) is 1.87. The Labute approximate surface area is 88.0 Å². The molecule has 15 heavy (non-hydrogen) atoms. The topological polar surface area (TPSA) is 35.2 Å². The standard InChI is InChI=1S/C11H15F2NO/c1-15-7-9(14)6-5-8-3-2-4-10(12)11(8)13/h2-4,9H,5-7,14H2,1H3. The molecule has 1 aromatic carbocycles. The van der Waals surface area contributed by atoms with Gasteiger partial charge in [0.05, 0.1) is 6.61 Å². The van der Waals surface area contributed by atoms with E-state index in [1.165, 1.54) is 6.07 Å². The Kier molecular flexibility index (Phi) is 4.65. The molecule has 2 nitrogen and oxygen atoms in total. The SMILES string of the molecule is COCC(N)CCc1cccc(F)c1F. The summed E-state index contributed by atoms with van der Waals surface area (Å²) in [6.07, 6.45) is 1.00. The lowest BCUT2D eigenvalue weighted by molar-refractivity contribution is 0.177. The van der Waals surface area contributed by atoms with Crippen LogP contribution in [0.25, 0.3) is 0 Å². The van der Waals surface area contributed by atoms with Gasteiger partial charge >= 0.3 is 0 Å². The average Bonchev–Trinajstić information content (AvgIpc) is 2.21. The first kappa shape index (κ1) is 12.1. The summed E-state index contributed by atoms with van der Waals surface area (Å²) < 4.78 is 30.9. The normalized spacial score (nSPS) is 12.8. The average molecular weight is 215 g/mol. The number of halogens is 2. The van der Waals surface area contributed by atoms with Gasteiger partial charge in [-0.3, -0.25) is 0 Å². The van der Waals surface area contributed by atoms with E-state index in [4.69, 9.17) is 10.5 Å². The molecule has 0 amide bonds. The van der Waals surface area contributed by atoms with Crippen molar-refractivity contribution in [3.05, 3.63) is 35.4 Å². The number of hydrogen-bond donors (Lipinski definition) is 1. The lowest BCUT2D eigenvalue weighted by Gasteiger charge is -2.10. The highest BCUT2D eigenvalue weighted by Crippen LogP contribution is 2.13. The number of nitrogens with two attached hydrogens (primary N) is 1. The lowest BCUT2D eigenvalue weighted by atomic mass is 10.1. The highest BCUT2D eigenvalue weighted by atomic mass is 19.2. The molecule has 0 spiro atoms. The van der Waals surface area contributed by atoms with Gasteiger partial charge in [-0.15, -0.1) is 0 Å². The third kappa shape index (κ3) is 3.57. The fourth-order valence-electron chi connectivity index (χ4n) is 1.38. The summed E-state index contributed by atoms with van der Waals surface area (Å²) in [6, 6.07) is 4.03. The first-order valence-electron chi connectivity index (χ1n) is 4.82. The minimum Gasteiger partial charge on any atom is -0.383 e. The summed E-state index contributed by atoms with van der Waals surface area (Å²) in [5.41, 5.74) is 6.04. The van der Waals surface area contributed by atoms with Crippen LogP contribution in [0.1, 0.15) is 12.0 Å². The van der Waals surface area contributed by atoms with Gasteiger partial charge in [-0.05, 0) is 24.5 Å². The van der Waals surface area contributed by atoms with E-state index in [2.05, 4.69) is 0 Å². The largest absolute Gasteiger partial charge is 0.383 e. The van der Waals surface area contributed by atoms with Crippen molar-refractivity contribution >= 4 is 0 Å². The van der Waals surface area contributed by atoms with Gasteiger partial charge in [0.1, 0.15) is 0 Å². The molecule has 1 aromatic rings. The van der Waals surface area contributed by atoms with Crippen LogP contribution in [0.15, 0.2) is 18.2 Å². The van der Waals surface area contributed by atoms with Crippen LogP contribution in [0.2, 0.25) is 0 Å². The summed E-state index contributed by atoms with van der Waals surface area (Å²) in [5, 5.41) is 0. The fraction of sp³-hybridized carbons (Fsp3) is 0.455. The molecule has 0 aromatic heterocycles. The van der Waals surface area contributed by atoms with Crippen LogP contribution in [0, 0.1) is 11.6 Å². The van der Waals surface area contributed by atoms with E-state index in [1.807, 2.05) is 0 Å². The lowest BCUT2D eigenvalue weighted by Crippen LogP contribution is -2.26. The highest BCUT2D eigenvalue weighted by Gasteiger charge is 2.09. The second-order valence-electron chi connectivity index (χ2n) is 3.47. The van der Waals surface area contributed by atoms with Gasteiger partial charge in [-0.2, -0.15) is 0 Å². The second kappa shape index (κ2) is 5.78. The molecule has 0 saturated heterocycles. The van der Waals surface area contributed by atoms with Gasteiger partial charge in [0.25, 0.3) is 0 Å². The van der Waals surface area contributed by atoms with Crippen LogP contribution in [0.3, 0.4) is 0 Å². The fourth-order valence-corrected chi connectivity index (χ4v) is 1.38. The molecule has 0 heterocycles. The number of benzene rings is 1. The molecule has 2 N–H and O–H groups in total. The first-order chi connectivity index (χ1) is 7.15. The van der Waals surface area contributed by atoms with Crippen molar-refractivity contribution in [2.24, 2.45) is 5.73 Å². The molecule has 0 aliphatic rings. The summed E-state index contributed by atoms with van der Waals surface area (Å²) >= 11 is 0. The zero-order chi connectivity index (χ0) is 11.3. The summed E-state index contributed by atoms with van der Waals surface area (Å²) in [6.45, 7) is 0.428. The van der Waals surface area contributed by atoms with Gasteiger partial charge in [-0.25, -0.2) is 8.78 Å². The monoisotopic (exact) mass is 215 g/mol. The maximum absolute atomic E-state index is 13.2. The van der Waals surface area contributed by atoms with Crippen molar-refractivity contribution in [1.29, 1.82) is 0 Å². The molecule has 1 atom stereocenters. The molecule has 4 heteroatoms. The Morgan fingerprint density at radius 1 is 1.40 bits per heavy atom. The molecule has 0 radical (unpaired) electrons. The molecule has 0 aliphatic heterocycles. The molecule has 0 bridgehead atoms. The molecular weight excluding hydrogens is 200 g/mol. The van der Waals surface area contributed by atoms with Gasteiger partial charge in [0, 0.05) is 13.2 Å². The van der Waals surface area contributed by atoms with E-state index in [0.717, 1.165) is 6.07 Å². The van der Waals surface area contributed by atoms with Crippen molar-refractivity contribution in [2.45, 2.75) is 18.9 Å². The number of methoxy groups -OCH3 is 1. The van der Waals surface area contributed by atoms with Crippen LogP contribution < -0.4 is 5.73 Å². The van der Waals surface area contributed by atoms with E-state index >= 15 is 0 Å². The number of aryl methyl sites for hydroxylation is 1. The highest BCUT2D eigenvalue weighted by molar-refractivity contribution is 5.19. The van der Waals surface area contributed by atoms with Crippen LogP contribution in [-0.2, 0) is 11.2 Å². The Morgan fingerprint density at radius 2 is 2.13 bits per heavy atom. The predicted molar refractivity (Wildman–Crippen MR) is 54.5 cm³/mol. The molecule has 1 rings (SSSR count). The molecule has 84 valence electrons. The van der Waals surface area contributed by atoms with Gasteiger partial charge < -0.3 is 10.5 Å². The molecule has 0 saturated carbocycles. The van der Waals surface area contributed by atoms with E-state index in [1.54, 1.807) is 13.2 Å². The maximum Gasteiger partial charge on any atom is 0.162 e. The van der Waals surface area contributed by atoms with Crippen molar-refractivity contribution in [1.82, 2.24) is 0 Å². The van der Waals surface area contributed by atoms with Crippen LogP contribution in [0.4, 0.5) is 8.78 Å². The Balaban J connectivity index is 2.54.